The molecule has 2 amide bonds. The molecule has 0 aliphatic heterocycles. The number of pyridine rings is 1. The minimum atomic E-state index is -4.23. The highest BCUT2D eigenvalue weighted by Crippen LogP contribution is 2.49. The number of thiazole rings is 1. The molecule has 13 heteroatoms. The molecule has 0 radical (unpaired) electrons. The van der Waals surface area contributed by atoms with Gasteiger partial charge in [0.15, 0.2) is 0 Å². The van der Waals surface area contributed by atoms with Gasteiger partial charge >= 0.3 is 0 Å². The Balaban J connectivity index is 1.55. The van der Waals surface area contributed by atoms with E-state index in [-0.39, 0.29) is 18.1 Å². The molecule has 4 rings (SSSR count). The highest BCUT2D eigenvalue weighted by atomic mass is 32.2. The van der Waals surface area contributed by atoms with Crippen LogP contribution in [0.4, 0.5) is 0 Å². The first-order valence-corrected chi connectivity index (χ1v) is 14.6. The SMILES string of the molecule is CCc1ccc(CCCN(Cc2nc(C(=O)NS(N)(=O)=O)c(C)s2)C(=O)C2(c3ccc(OC)cn3)CC2)o1. The summed E-state index contributed by atoms with van der Waals surface area (Å²) in [5, 5.41) is 5.45. The number of aryl methyl sites for hydroxylation is 3. The molecule has 3 aromatic heterocycles. The first-order chi connectivity index (χ1) is 18.0. The Morgan fingerprint density at radius 3 is 2.55 bits per heavy atom. The van der Waals surface area contributed by atoms with E-state index < -0.39 is 21.5 Å². The maximum Gasteiger partial charge on any atom is 0.299 e. The van der Waals surface area contributed by atoms with Gasteiger partial charge in [0.05, 0.1) is 31.0 Å². The summed E-state index contributed by atoms with van der Waals surface area (Å²) in [5.74, 6) is 1.42. The van der Waals surface area contributed by atoms with E-state index in [9.17, 15) is 18.0 Å². The molecule has 38 heavy (non-hydrogen) atoms. The van der Waals surface area contributed by atoms with E-state index in [4.69, 9.17) is 14.3 Å². The third-order valence-electron chi connectivity index (χ3n) is 6.44. The van der Waals surface area contributed by atoms with E-state index in [1.165, 1.54) is 11.3 Å². The Labute approximate surface area is 225 Å². The quantitative estimate of drug-likeness (QED) is 0.342. The Bertz CT molecular complexity index is 1410. The summed E-state index contributed by atoms with van der Waals surface area (Å²) in [7, 11) is -2.66. The number of rotatable bonds is 12. The van der Waals surface area contributed by atoms with Crippen molar-refractivity contribution in [3.05, 3.63) is 63.3 Å². The maximum absolute atomic E-state index is 13.9. The molecule has 1 saturated carbocycles. The first-order valence-electron chi connectivity index (χ1n) is 12.2. The van der Waals surface area contributed by atoms with Crippen LogP contribution in [0.15, 0.2) is 34.9 Å². The van der Waals surface area contributed by atoms with Crippen LogP contribution in [0.1, 0.15) is 63.8 Å². The van der Waals surface area contributed by atoms with Crippen LogP contribution in [0.5, 0.6) is 5.75 Å². The number of furan rings is 1. The topological polar surface area (TPSA) is 158 Å². The molecule has 3 N–H and O–H groups in total. The number of aromatic nitrogens is 2. The van der Waals surface area contributed by atoms with Crippen LogP contribution in [-0.4, -0.2) is 48.8 Å². The van der Waals surface area contributed by atoms with Crippen molar-refractivity contribution >= 4 is 33.4 Å². The first kappa shape index (κ1) is 27.7. The molecule has 0 atom stereocenters. The van der Waals surface area contributed by atoms with Crippen molar-refractivity contribution in [1.82, 2.24) is 19.6 Å². The third-order valence-corrected chi connectivity index (χ3v) is 7.87. The lowest BCUT2D eigenvalue weighted by atomic mass is 9.99. The molecule has 0 unspecified atom stereocenters. The molecule has 204 valence electrons. The number of carbonyl (C=O) groups is 2. The fraction of sp³-hybridized carbons (Fsp3) is 0.440. The van der Waals surface area contributed by atoms with Crippen LogP contribution in [0.25, 0.3) is 0 Å². The Kier molecular flexibility index (Phi) is 8.19. The van der Waals surface area contributed by atoms with Crippen molar-refractivity contribution in [2.75, 3.05) is 13.7 Å². The predicted octanol–water partition coefficient (Wildman–Crippen LogP) is 2.64. The van der Waals surface area contributed by atoms with Crippen molar-refractivity contribution in [1.29, 1.82) is 0 Å². The number of ether oxygens (including phenoxy) is 1. The summed E-state index contributed by atoms with van der Waals surface area (Å²) in [6.07, 6.45) is 5.11. The van der Waals surface area contributed by atoms with Gasteiger partial charge in [-0.3, -0.25) is 14.6 Å². The number of hydrogen-bond acceptors (Lipinski definition) is 9. The zero-order valence-corrected chi connectivity index (χ0v) is 23.2. The zero-order chi connectivity index (χ0) is 27.5. The fourth-order valence-electron chi connectivity index (χ4n) is 4.31. The fourth-order valence-corrected chi connectivity index (χ4v) is 5.61. The predicted molar refractivity (Wildman–Crippen MR) is 141 cm³/mol. The van der Waals surface area contributed by atoms with Crippen molar-refractivity contribution < 1.29 is 27.2 Å². The average Bonchev–Trinajstić information content (AvgIpc) is 3.41. The van der Waals surface area contributed by atoms with Crippen LogP contribution in [0, 0.1) is 6.92 Å². The standard InChI is InChI=1S/C25H31N5O6S2/c1-4-17-7-8-18(36-17)6-5-13-30(15-21-28-22(16(2)37-21)23(31)29-38(26,33)34)24(32)25(11-12-25)20-10-9-19(35-3)14-27-20/h7-10,14H,4-6,11-13,15H2,1-3H3,(H,29,31)(H2,26,33,34). The van der Waals surface area contributed by atoms with Crippen LogP contribution < -0.4 is 14.6 Å². The number of nitrogens with zero attached hydrogens (tertiary/aromatic N) is 3. The Hall–Kier alpha value is -3.29. The smallest absolute Gasteiger partial charge is 0.299 e. The van der Waals surface area contributed by atoms with E-state index >= 15 is 0 Å². The molecular weight excluding hydrogens is 530 g/mol. The molecule has 3 aromatic rings. The Morgan fingerprint density at radius 1 is 1.24 bits per heavy atom. The highest BCUT2D eigenvalue weighted by molar-refractivity contribution is 7.87. The number of nitrogens with one attached hydrogen (secondary N) is 1. The summed E-state index contributed by atoms with van der Waals surface area (Å²) >= 11 is 1.23. The number of carbonyl (C=O) groups excluding carboxylic acids is 2. The van der Waals surface area contributed by atoms with E-state index in [0.717, 1.165) is 17.9 Å². The molecule has 3 heterocycles. The van der Waals surface area contributed by atoms with Crippen LogP contribution in [-0.2, 0) is 39.8 Å². The Morgan fingerprint density at radius 2 is 1.97 bits per heavy atom. The minimum absolute atomic E-state index is 0.0351. The van der Waals surface area contributed by atoms with Crippen molar-refractivity contribution in [2.24, 2.45) is 5.14 Å². The second-order valence-corrected chi connectivity index (χ2v) is 11.8. The number of nitrogens with two attached hydrogens (primary N) is 1. The van der Waals surface area contributed by atoms with Crippen molar-refractivity contribution in [3.8, 4) is 5.75 Å². The van der Waals surface area contributed by atoms with E-state index in [1.54, 1.807) is 35.9 Å². The van der Waals surface area contributed by atoms with Gasteiger partial charge in [-0.2, -0.15) is 8.42 Å². The minimum Gasteiger partial charge on any atom is -0.495 e. The lowest BCUT2D eigenvalue weighted by Crippen LogP contribution is -2.40. The van der Waals surface area contributed by atoms with Gasteiger partial charge in [0.25, 0.3) is 16.1 Å². The summed E-state index contributed by atoms with van der Waals surface area (Å²) in [6, 6.07) is 7.53. The van der Waals surface area contributed by atoms with Gasteiger partial charge < -0.3 is 14.1 Å². The van der Waals surface area contributed by atoms with Crippen LogP contribution in [0.3, 0.4) is 0 Å². The number of hydrogen-bond donors (Lipinski definition) is 2. The molecule has 11 nitrogen and oxygen atoms in total. The maximum atomic E-state index is 13.9. The molecule has 1 fully saturated rings. The van der Waals surface area contributed by atoms with Gasteiger partial charge in [-0.15, -0.1) is 11.3 Å². The molecule has 0 saturated heterocycles. The number of amides is 2. The van der Waals surface area contributed by atoms with Crippen molar-refractivity contribution in [3.63, 3.8) is 0 Å². The van der Waals surface area contributed by atoms with E-state index in [1.807, 2.05) is 25.1 Å². The van der Waals surface area contributed by atoms with Crippen LogP contribution >= 0.6 is 11.3 Å². The lowest BCUT2D eigenvalue weighted by molar-refractivity contribution is -0.134. The largest absolute Gasteiger partial charge is 0.495 e. The summed E-state index contributed by atoms with van der Waals surface area (Å²) in [6.45, 7) is 4.30. The number of methoxy groups -OCH3 is 1. The lowest BCUT2D eigenvalue weighted by Gasteiger charge is -2.26. The zero-order valence-electron chi connectivity index (χ0n) is 21.5. The molecular formula is C25H31N5O6S2. The van der Waals surface area contributed by atoms with Gasteiger partial charge in [-0.25, -0.2) is 14.8 Å². The summed E-state index contributed by atoms with van der Waals surface area (Å²) < 4.78 is 35.3. The molecule has 1 aliphatic rings. The van der Waals surface area contributed by atoms with Gasteiger partial charge in [0.1, 0.15) is 28.0 Å². The van der Waals surface area contributed by atoms with Crippen molar-refractivity contribution in [2.45, 2.75) is 57.9 Å². The van der Waals surface area contributed by atoms with Gasteiger partial charge in [0, 0.05) is 24.3 Å². The molecule has 0 aromatic carbocycles. The second-order valence-electron chi connectivity index (χ2n) is 9.21. The average molecular weight is 562 g/mol. The van der Waals surface area contributed by atoms with E-state index in [0.29, 0.717) is 53.6 Å². The van der Waals surface area contributed by atoms with Gasteiger partial charge in [-0.1, -0.05) is 6.92 Å². The van der Waals surface area contributed by atoms with Gasteiger partial charge in [-0.05, 0) is 50.5 Å². The molecule has 0 spiro atoms. The van der Waals surface area contributed by atoms with Gasteiger partial charge in [0.2, 0.25) is 5.91 Å². The third kappa shape index (κ3) is 6.40. The van der Waals surface area contributed by atoms with Crippen LogP contribution in [0.2, 0.25) is 0 Å². The summed E-state index contributed by atoms with van der Waals surface area (Å²) in [5.41, 5.74) is -0.0607. The normalized spacial score (nSPS) is 14.2. The highest BCUT2D eigenvalue weighted by Gasteiger charge is 2.54. The molecule has 1 aliphatic carbocycles. The molecule has 0 bridgehead atoms. The monoisotopic (exact) mass is 561 g/mol. The van der Waals surface area contributed by atoms with E-state index in [2.05, 4.69) is 9.97 Å². The summed E-state index contributed by atoms with van der Waals surface area (Å²) in [4.78, 5) is 37.4. The second kappa shape index (κ2) is 11.2.